The molecule has 1 heterocycles. The number of anilines is 1. The number of imidazole rings is 1. The van der Waals surface area contributed by atoms with Crippen LogP contribution in [0.4, 0.5) is 10.3 Å². The molecule has 0 bridgehead atoms. The second-order valence-electron chi connectivity index (χ2n) is 4.63. The first-order valence-corrected chi connectivity index (χ1v) is 6.67. The van der Waals surface area contributed by atoms with Crippen molar-refractivity contribution in [1.29, 1.82) is 0 Å². The average Bonchev–Trinajstić information content (AvgIpc) is 2.73. The zero-order chi connectivity index (χ0) is 14.1. The largest absolute Gasteiger partial charge is 0.369 e. The molecule has 0 unspecified atom stereocenters. The van der Waals surface area contributed by atoms with Gasteiger partial charge in [0.25, 0.3) is 0 Å². The van der Waals surface area contributed by atoms with Crippen LogP contribution >= 0.6 is 11.6 Å². The lowest BCUT2D eigenvalue weighted by Gasteiger charge is -2.06. The molecule has 0 spiro atoms. The van der Waals surface area contributed by atoms with Gasteiger partial charge in [0.2, 0.25) is 5.95 Å². The van der Waals surface area contributed by atoms with Gasteiger partial charge in [-0.25, -0.2) is 9.37 Å². The Morgan fingerprint density at radius 3 is 2.65 bits per heavy atom. The van der Waals surface area contributed by atoms with E-state index >= 15 is 0 Å². The second-order valence-corrected chi connectivity index (χ2v) is 5.07. The molecule has 0 fully saturated rings. The highest BCUT2D eigenvalue weighted by Crippen LogP contribution is 2.22. The minimum absolute atomic E-state index is 0.226. The Morgan fingerprint density at radius 2 is 1.90 bits per heavy atom. The first kappa shape index (κ1) is 12.9. The minimum atomic E-state index is -0.226. The summed E-state index contributed by atoms with van der Waals surface area (Å²) >= 11 is 5.94. The van der Waals surface area contributed by atoms with Crippen molar-refractivity contribution in [3.63, 3.8) is 0 Å². The number of halogens is 2. The van der Waals surface area contributed by atoms with Crippen LogP contribution in [-0.2, 0) is 13.0 Å². The van der Waals surface area contributed by atoms with Crippen molar-refractivity contribution < 1.29 is 4.39 Å². The number of hydrogen-bond donors (Lipinski definition) is 1. The maximum Gasteiger partial charge on any atom is 0.201 e. The smallest absolute Gasteiger partial charge is 0.201 e. The predicted octanol–water partition coefficient (Wildman–Crippen LogP) is 3.65. The molecule has 20 heavy (non-hydrogen) atoms. The molecule has 3 rings (SSSR count). The van der Waals surface area contributed by atoms with E-state index in [1.54, 1.807) is 18.2 Å². The van der Waals surface area contributed by atoms with E-state index in [-0.39, 0.29) is 5.82 Å². The fourth-order valence-corrected chi connectivity index (χ4v) is 2.41. The maximum atomic E-state index is 12.9. The topological polar surface area (TPSA) is 43.8 Å². The highest BCUT2D eigenvalue weighted by molar-refractivity contribution is 6.31. The Labute approximate surface area is 120 Å². The quantitative estimate of drug-likeness (QED) is 0.800. The zero-order valence-electron chi connectivity index (χ0n) is 10.7. The van der Waals surface area contributed by atoms with E-state index < -0.39 is 0 Å². The standard InChI is InChI=1S/C15H13ClFN3/c16-11-3-6-14-13(9-11)19-15(18)20(14)8-7-10-1-4-12(17)5-2-10/h1-6,9H,7-8H2,(H2,18,19). The first-order chi connectivity index (χ1) is 9.63. The van der Waals surface area contributed by atoms with E-state index in [0.29, 0.717) is 17.5 Å². The number of rotatable bonds is 3. The van der Waals surface area contributed by atoms with E-state index in [9.17, 15) is 4.39 Å². The van der Waals surface area contributed by atoms with Crippen LogP contribution < -0.4 is 5.73 Å². The summed E-state index contributed by atoms with van der Waals surface area (Å²) in [4.78, 5) is 4.30. The lowest BCUT2D eigenvalue weighted by molar-refractivity contribution is 0.626. The number of hydrogen-bond acceptors (Lipinski definition) is 2. The Kier molecular flexibility index (Phi) is 3.32. The molecule has 0 radical (unpaired) electrons. The molecule has 2 aromatic carbocycles. The molecule has 0 aliphatic rings. The number of nitrogen functional groups attached to an aromatic ring is 1. The number of aryl methyl sites for hydroxylation is 2. The van der Waals surface area contributed by atoms with Crippen molar-refractivity contribution in [3.8, 4) is 0 Å². The van der Waals surface area contributed by atoms with Gasteiger partial charge in [-0.2, -0.15) is 0 Å². The number of fused-ring (bicyclic) bond motifs is 1. The van der Waals surface area contributed by atoms with Crippen LogP contribution in [0, 0.1) is 5.82 Å². The summed E-state index contributed by atoms with van der Waals surface area (Å²) in [7, 11) is 0. The normalized spacial score (nSPS) is 11.1. The van der Waals surface area contributed by atoms with Crippen LogP contribution in [0.5, 0.6) is 0 Å². The van der Waals surface area contributed by atoms with Gasteiger partial charge in [0.15, 0.2) is 0 Å². The first-order valence-electron chi connectivity index (χ1n) is 6.29. The summed E-state index contributed by atoms with van der Waals surface area (Å²) in [6.45, 7) is 0.690. The molecule has 0 saturated heterocycles. The van der Waals surface area contributed by atoms with E-state index in [2.05, 4.69) is 4.98 Å². The van der Waals surface area contributed by atoms with Crippen molar-refractivity contribution in [2.45, 2.75) is 13.0 Å². The molecule has 3 aromatic rings. The Balaban J connectivity index is 1.87. The molecule has 0 amide bonds. The zero-order valence-corrected chi connectivity index (χ0v) is 11.4. The molecular formula is C15H13ClFN3. The van der Waals surface area contributed by atoms with E-state index in [4.69, 9.17) is 17.3 Å². The molecule has 102 valence electrons. The van der Waals surface area contributed by atoms with Crippen LogP contribution in [0.2, 0.25) is 5.02 Å². The van der Waals surface area contributed by atoms with Crippen molar-refractivity contribution in [2.24, 2.45) is 0 Å². The minimum Gasteiger partial charge on any atom is -0.369 e. The number of benzene rings is 2. The van der Waals surface area contributed by atoms with E-state index in [1.807, 2.05) is 16.7 Å². The molecule has 0 atom stereocenters. The van der Waals surface area contributed by atoms with Gasteiger partial charge in [-0.15, -0.1) is 0 Å². The van der Waals surface area contributed by atoms with Crippen molar-refractivity contribution >= 4 is 28.6 Å². The molecule has 5 heteroatoms. The second kappa shape index (κ2) is 5.13. The van der Waals surface area contributed by atoms with Gasteiger partial charge in [0.1, 0.15) is 5.82 Å². The van der Waals surface area contributed by atoms with E-state index in [1.165, 1.54) is 12.1 Å². The Morgan fingerprint density at radius 1 is 1.15 bits per heavy atom. The summed E-state index contributed by atoms with van der Waals surface area (Å²) in [5.41, 5.74) is 8.74. The fraction of sp³-hybridized carbons (Fsp3) is 0.133. The summed E-state index contributed by atoms with van der Waals surface area (Å²) in [6, 6.07) is 12.0. The van der Waals surface area contributed by atoms with Gasteiger partial charge in [0, 0.05) is 11.6 Å². The van der Waals surface area contributed by atoms with Crippen molar-refractivity contribution in [3.05, 3.63) is 58.9 Å². The lowest BCUT2D eigenvalue weighted by Crippen LogP contribution is -2.05. The number of aromatic nitrogens is 2. The molecule has 0 aliphatic heterocycles. The molecule has 2 N–H and O–H groups in total. The monoisotopic (exact) mass is 289 g/mol. The van der Waals surface area contributed by atoms with Crippen molar-refractivity contribution in [2.75, 3.05) is 5.73 Å². The highest BCUT2D eigenvalue weighted by Gasteiger charge is 2.08. The molecule has 1 aromatic heterocycles. The Bertz CT molecular complexity index is 750. The van der Waals surface area contributed by atoms with Gasteiger partial charge < -0.3 is 10.3 Å². The highest BCUT2D eigenvalue weighted by atomic mass is 35.5. The molecular weight excluding hydrogens is 277 g/mol. The van der Waals surface area contributed by atoms with Crippen molar-refractivity contribution in [1.82, 2.24) is 9.55 Å². The van der Waals surface area contributed by atoms with E-state index in [0.717, 1.165) is 23.0 Å². The maximum absolute atomic E-state index is 12.9. The van der Waals surface area contributed by atoms with Gasteiger partial charge >= 0.3 is 0 Å². The van der Waals surface area contributed by atoms with Crippen LogP contribution in [0.15, 0.2) is 42.5 Å². The predicted molar refractivity (Wildman–Crippen MR) is 79.3 cm³/mol. The Hall–Kier alpha value is -2.07. The van der Waals surface area contributed by atoms with Gasteiger partial charge in [-0.3, -0.25) is 0 Å². The number of nitrogens with two attached hydrogens (primary N) is 1. The summed E-state index contributed by atoms with van der Waals surface area (Å²) in [5.74, 6) is 0.236. The third-order valence-corrected chi connectivity index (χ3v) is 3.51. The number of nitrogens with zero attached hydrogens (tertiary/aromatic N) is 2. The molecule has 0 aliphatic carbocycles. The van der Waals surface area contributed by atoms with Crippen LogP contribution in [-0.4, -0.2) is 9.55 Å². The van der Waals surface area contributed by atoms with Gasteiger partial charge in [0.05, 0.1) is 11.0 Å². The lowest BCUT2D eigenvalue weighted by atomic mass is 10.1. The summed E-state index contributed by atoms with van der Waals surface area (Å²) in [6.07, 6.45) is 0.762. The van der Waals surface area contributed by atoms with Crippen LogP contribution in [0.1, 0.15) is 5.56 Å². The molecule has 0 saturated carbocycles. The van der Waals surface area contributed by atoms with Gasteiger partial charge in [-0.05, 0) is 42.3 Å². The molecule has 3 nitrogen and oxygen atoms in total. The summed E-state index contributed by atoms with van der Waals surface area (Å²) in [5, 5.41) is 0.640. The van der Waals surface area contributed by atoms with Crippen LogP contribution in [0.25, 0.3) is 11.0 Å². The third kappa shape index (κ3) is 2.47. The van der Waals surface area contributed by atoms with Crippen LogP contribution in [0.3, 0.4) is 0 Å². The SMILES string of the molecule is Nc1nc2cc(Cl)ccc2n1CCc1ccc(F)cc1. The average molecular weight is 290 g/mol. The van der Waals surface area contributed by atoms with Gasteiger partial charge in [-0.1, -0.05) is 23.7 Å². The summed E-state index contributed by atoms with van der Waals surface area (Å²) < 4.78 is 14.8. The fourth-order valence-electron chi connectivity index (χ4n) is 2.25. The third-order valence-electron chi connectivity index (χ3n) is 3.28.